The van der Waals surface area contributed by atoms with E-state index in [-0.39, 0.29) is 0 Å². The molecule has 0 aliphatic heterocycles. The molecule has 0 aromatic carbocycles. The molecule has 0 unspecified atom stereocenters. The van der Waals surface area contributed by atoms with Crippen molar-refractivity contribution in [2.24, 2.45) is 0 Å². The van der Waals surface area contributed by atoms with Gasteiger partial charge in [0.05, 0.1) is 24.9 Å². The Kier molecular flexibility index (Phi) is 6.83. The fourth-order valence-corrected chi connectivity index (χ4v) is 2.55. The van der Waals surface area contributed by atoms with E-state index >= 15 is 0 Å². The lowest BCUT2D eigenvalue weighted by Gasteiger charge is -2.21. The van der Waals surface area contributed by atoms with E-state index in [2.05, 4.69) is 10.6 Å². The Morgan fingerprint density at radius 1 is 0.722 bits per heavy atom. The van der Waals surface area contributed by atoms with Gasteiger partial charge in [0, 0.05) is 0 Å². The van der Waals surface area contributed by atoms with Crippen molar-refractivity contribution >= 4 is 22.8 Å². The van der Waals surface area contributed by atoms with Crippen LogP contribution in [0.4, 0.5) is 0 Å². The number of hydrogen-bond acceptors (Lipinski definition) is 5. The fraction of sp³-hybridized carbons (Fsp3) is 1.00. The monoisotopic (exact) mass is 328 g/mol. The highest BCUT2D eigenvalue weighted by molar-refractivity contribution is 7.52. The summed E-state index contributed by atoms with van der Waals surface area (Å²) in [5, 5.41) is 4.16. The van der Waals surface area contributed by atoms with Gasteiger partial charge in [-0.25, -0.2) is 0 Å². The maximum atomic E-state index is 10.7. The van der Waals surface area contributed by atoms with Gasteiger partial charge in [-0.15, -0.1) is 0 Å². The van der Waals surface area contributed by atoms with Crippen molar-refractivity contribution in [3.05, 3.63) is 0 Å². The largest absolute Gasteiger partial charge is 0.339 e. The summed E-state index contributed by atoms with van der Waals surface area (Å²) in [4.78, 5) is 51.6. The van der Waals surface area contributed by atoms with Crippen LogP contribution in [0.1, 0.15) is 0 Å². The summed E-state index contributed by atoms with van der Waals surface area (Å²) < 4.78 is 31.8. The molecular formula is C4H15N2O9P3. The van der Waals surface area contributed by atoms with Gasteiger partial charge in [0.2, 0.25) is 0 Å². The van der Waals surface area contributed by atoms with Gasteiger partial charge < -0.3 is 29.4 Å². The Labute approximate surface area is 102 Å². The standard InChI is InChI=1S/C4H15N2O9P3/c7-16(8,9)1-4(5-2-17(10,11)12)6-3-18(13,14)15/h4-6H,1-3H2,(H2,7,8,9)(H2,10,11,12)(H2,13,14,15). The van der Waals surface area contributed by atoms with Crippen LogP contribution >= 0.6 is 22.8 Å². The van der Waals surface area contributed by atoms with Crippen molar-refractivity contribution < 1.29 is 43.1 Å². The molecule has 14 heteroatoms. The SMILES string of the molecule is O=P(O)(O)CNC(CP(=O)(O)O)NCP(=O)(O)O. The molecule has 0 aromatic heterocycles. The van der Waals surface area contributed by atoms with Gasteiger partial charge in [0.1, 0.15) is 0 Å². The van der Waals surface area contributed by atoms with Gasteiger partial charge in [-0.05, 0) is 0 Å². The van der Waals surface area contributed by atoms with E-state index in [1.807, 2.05) is 0 Å². The summed E-state index contributed by atoms with van der Waals surface area (Å²) >= 11 is 0. The van der Waals surface area contributed by atoms with E-state index in [0.717, 1.165) is 0 Å². The van der Waals surface area contributed by atoms with Crippen molar-refractivity contribution in [3.63, 3.8) is 0 Å². The first-order chi connectivity index (χ1) is 7.79. The molecule has 0 aromatic rings. The Morgan fingerprint density at radius 2 is 1.06 bits per heavy atom. The van der Waals surface area contributed by atoms with Gasteiger partial charge in [0.25, 0.3) is 0 Å². The second-order valence-electron chi connectivity index (χ2n) is 3.45. The molecule has 0 saturated heterocycles. The fourth-order valence-electron chi connectivity index (χ4n) is 0.897. The predicted molar refractivity (Wildman–Crippen MR) is 60.8 cm³/mol. The van der Waals surface area contributed by atoms with Crippen LogP contribution < -0.4 is 10.6 Å². The zero-order valence-corrected chi connectivity index (χ0v) is 11.6. The Balaban J connectivity index is 4.48. The Morgan fingerprint density at radius 3 is 1.28 bits per heavy atom. The minimum absolute atomic E-state index is 0.868. The first-order valence-electron chi connectivity index (χ1n) is 4.39. The van der Waals surface area contributed by atoms with E-state index in [9.17, 15) is 13.7 Å². The highest BCUT2D eigenvalue weighted by Gasteiger charge is 2.25. The summed E-state index contributed by atoms with van der Waals surface area (Å²) in [5.41, 5.74) is 0. The minimum Gasteiger partial charge on any atom is -0.324 e. The molecule has 0 rings (SSSR count). The normalized spacial score (nSPS) is 14.2. The second-order valence-corrected chi connectivity index (χ2v) is 8.44. The maximum absolute atomic E-state index is 10.7. The molecule has 0 aliphatic rings. The molecule has 18 heavy (non-hydrogen) atoms. The molecule has 0 amide bonds. The van der Waals surface area contributed by atoms with Crippen LogP contribution in [0.3, 0.4) is 0 Å². The molecule has 0 atom stereocenters. The number of hydrogen-bond donors (Lipinski definition) is 8. The van der Waals surface area contributed by atoms with Crippen LogP contribution in [0.2, 0.25) is 0 Å². The molecule has 0 saturated carbocycles. The average molecular weight is 328 g/mol. The van der Waals surface area contributed by atoms with Gasteiger partial charge in [-0.3, -0.25) is 24.3 Å². The quantitative estimate of drug-likeness (QED) is 0.180. The van der Waals surface area contributed by atoms with Crippen molar-refractivity contribution in [1.82, 2.24) is 10.6 Å². The first kappa shape index (κ1) is 18.4. The molecule has 0 spiro atoms. The Bertz CT molecular complexity index is 369. The van der Waals surface area contributed by atoms with E-state index < -0.39 is 47.7 Å². The summed E-state index contributed by atoms with van der Waals surface area (Å²) in [6.45, 7) is 0. The predicted octanol–water partition coefficient (Wildman–Crippen LogP) is -2.06. The van der Waals surface area contributed by atoms with E-state index in [0.29, 0.717) is 0 Å². The molecule has 0 heterocycles. The summed E-state index contributed by atoms with van der Waals surface area (Å²) in [6, 6.07) is 0. The molecule has 0 fully saturated rings. The van der Waals surface area contributed by atoms with Crippen molar-refractivity contribution in [2.75, 3.05) is 18.7 Å². The third kappa shape index (κ3) is 12.8. The lowest BCUT2D eigenvalue weighted by molar-refractivity contribution is 0.336. The maximum Gasteiger partial charge on any atom is 0.339 e. The van der Waals surface area contributed by atoms with Crippen LogP contribution in [-0.4, -0.2) is 54.3 Å². The highest BCUT2D eigenvalue weighted by atomic mass is 31.2. The third-order valence-electron chi connectivity index (χ3n) is 1.51. The molecule has 11 nitrogen and oxygen atoms in total. The van der Waals surface area contributed by atoms with E-state index in [1.54, 1.807) is 0 Å². The van der Waals surface area contributed by atoms with Crippen LogP contribution in [0.5, 0.6) is 0 Å². The number of nitrogens with one attached hydrogen (secondary N) is 2. The average Bonchev–Trinajstić information content (AvgIpc) is 2.05. The van der Waals surface area contributed by atoms with Crippen molar-refractivity contribution in [3.8, 4) is 0 Å². The molecular weight excluding hydrogens is 313 g/mol. The minimum atomic E-state index is -4.52. The third-order valence-corrected chi connectivity index (χ3v) is 3.54. The molecule has 0 bridgehead atoms. The smallest absolute Gasteiger partial charge is 0.324 e. The first-order valence-corrected chi connectivity index (χ1v) is 9.78. The van der Waals surface area contributed by atoms with Crippen LogP contribution in [0.25, 0.3) is 0 Å². The topological polar surface area (TPSA) is 197 Å². The van der Waals surface area contributed by atoms with Crippen LogP contribution in [0.15, 0.2) is 0 Å². The highest BCUT2D eigenvalue weighted by Crippen LogP contribution is 2.37. The molecule has 8 N–H and O–H groups in total. The van der Waals surface area contributed by atoms with Gasteiger partial charge in [-0.1, -0.05) is 0 Å². The zero-order valence-electron chi connectivity index (χ0n) is 8.95. The molecule has 110 valence electrons. The lowest BCUT2D eigenvalue weighted by atomic mass is 10.6. The summed E-state index contributed by atoms with van der Waals surface area (Å²) in [7, 11) is -13.4. The van der Waals surface area contributed by atoms with E-state index in [4.69, 9.17) is 29.4 Å². The molecule has 0 aliphatic carbocycles. The van der Waals surface area contributed by atoms with Gasteiger partial charge >= 0.3 is 22.8 Å². The van der Waals surface area contributed by atoms with E-state index in [1.165, 1.54) is 0 Å². The van der Waals surface area contributed by atoms with Crippen LogP contribution in [-0.2, 0) is 13.7 Å². The lowest BCUT2D eigenvalue weighted by Crippen LogP contribution is -2.45. The summed E-state index contributed by atoms with van der Waals surface area (Å²) in [5.74, 6) is 0. The summed E-state index contributed by atoms with van der Waals surface area (Å²) in [6.07, 6.45) is -3.98. The molecule has 0 radical (unpaired) electrons. The van der Waals surface area contributed by atoms with Gasteiger partial charge in [0.15, 0.2) is 0 Å². The van der Waals surface area contributed by atoms with Crippen molar-refractivity contribution in [1.29, 1.82) is 0 Å². The van der Waals surface area contributed by atoms with Crippen LogP contribution in [0, 0.1) is 0 Å². The Hall–Kier alpha value is 0.370. The zero-order chi connectivity index (χ0) is 14.6. The van der Waals surface area contributed by atoms with Crippen molar-refractivity contribution in [2.45, 2.75) is 6.17 Å². The second kappa shape index (κ2) is 6.69. The van der Waals surface area contributed by atoms with Gasteiger partial charge in [-0.2, -0.15) is 0 Å². The number of rotatable bonds is 8.